The van der Waals surface area contributed by atoms with Gasteiger partial charge in [-0.2, -0.15) is 0 Å². The van der Waals surface area contributed by atoms with Gasteiger partial charge in [0, 0.05) is 5.92 Å². The molecule has 0 spiro atoms. The highest BCUT2D eigenvalue weighted by Crippen LogP contribution is 2.50. The van der Waals surface area contributed by atoms with E-state index in [1.54, 1.807) is 0 Å². The van der Waals surface area contributed by atoms with Crippen LogP contribution in [0.2, 0.25) is 0 Å². The zero-order chi connectivity index (χ0) is 8.48. The second-order valence-corrected chi connectivity index (χ2v) is 3.38. The predicted molar refractivity (Wildman–Crippen MR) is 40.3 cm³/mol. The molecule has 0 aromatic carbocycles. The van der Waals surface area contributed by atoms with Gasteiger partial charge < -0.3 is 0 Å². The third kappa shape index (κ3) is 1.92. The monoisotopic (exact) mass is 158 g/mol. The average Bonchev–Trinajstić information content (AvgIpc) is 2.63. The molecule has 1 saturated carbocycles. The first-order valence-electron chi connectivity index (χ1n) is 3.88. The normalized spacial score (nSPS) is 19.8. The van der Waals surface area contributed by atoms with Gasteiger partial charge in [-0.25, -0.2) is 8.78 Å². The van der Waals surface area contributed by atoms with Crippen molar-refractivity contribution in [2.45, 2.75) is 33.1 Å². The highest BCUT2D eigenvalue weighted by Gasteiger charge is 2.49. The number of halogens is 2. The number of alkyl halides is 2. The summed E-state index contributed by atoms with van der Waals surface area (Å²) >= 11 is 0. The molecule has 0 aromatic heterocycles. The molecule has 0 atom stereocenters. The van der Waals surface area contributed by atoms with Crippen LogP contribution in [0.3, 0.4) is 0 Å². The van der Waals surface area contributed by atoms with Gasteiger partial charge in [0.05, 0.1) is 5.41 Å². The van der Waals surface area contributed by atoms with E-state index < -0.39 is 11.8 Å². The Labute approximate surface area is 66.0 Å². The first kappa shape index (κ1) is 8.52. The third-order valence-corrected chi connectivity index (χ3v) is 1.82. The minimum Gasteiger partial charge on any atom is -0.209 e. The maximum Gasteiger partial charge on any atom is 0.254 e. The summed E-state index contributed by atoms with van der Waals surface area (Å²) in [5, 5.41) is 0. The Morgan fingerprint density at radius 1 is 1.27 bits per heavy atom. The number of hydrogen-bond acceptors (Lipinski definition) is 0. The molecule has 0 aromatic rings. The first-order valence-corrected chi connectivity index (χ1v) is 3.88. The van der Waals surface area contributed by atoms with Crippen molar-refractivity contribution in [2.75, 3.05) is 0 Å². The Kier molecular flexibility index (Phi) is 2.17. The summed E-state index contributed by atoms with van der Waals surface area (Å²) in [6.45, 7) is 3.82. The average molecular weight is 158 g/mol. The van der Waals surface area contributed by atoms with Gasteiger partial charge in [-0.05, 0) is 12.8 Å². The molecular weight excluding hydrogens is 146 g/mol. The van der Waals surface area contributed by atoms with Crippen LogP contribution >= 0.6 is 0 Å². The molecule has 1 aliphatic rings. The maximum absolute atomic E-state index is 12.2. The summed E-state index contributed by atoms with van der Waals surface area (Å²) in [4.78, 5) is 0. The van der Waals surface area contributed by atoms with Crippen molar-refractivity contribution >= 4 is 0 Å². The van der Waals surface area contributed by atoms with Crippen molar-refractivity contribution in [1.29, 1.82) is 0 Å². The summed E-state index contributed by atoms with van der Waals surface area (Å²) in [6, 6.07) is 0. The van der Waals surface area contributed by atoms with E-state index in [-0.39, 0.29) is 5.92 Å². The zero-order valence-corrected chi connectivity index (χ0v) is 6.82. The predicted octanol–water partition coefficient (Wildman–Crippen LogP) is 2.69. The molecule has 1 rings (SSSR count). The second kappa shape index (κ2) is 2.81. The fourth-order valence-electron chi connectivity index (χ4n) is 0.821. The number of rotatable bonds is 1. The van der Waals surface area contributed by atoms with Gasteiger partial charge in [-0.1, -0.05) is 25.7 Å². The third-order valence-electron chi connectivity index (χ3n) is 1.82. The number of hydrogen-bond donors (Lipinski definition) is 0. The zero-order valence-electron chi connectivity index (χ0n) is 6.82. The van der Waals surface area contributed by atoms with Crippen molar-refractivity contribution in [3.8, 4) is 11.8 Å². The summed E-state index contributed by atoms with van der Waals surface area (Å²) < 4.78 is 24.4. The Morgan fingerprint density at radius 2 is 1.82 bits per heavy atom. The van der Waals surface area contributed by atoms with Crippen LogP contribution in [0.4, 0.5) is 8.78 Å². The van der Waals surface area contributed by atoms with Gasteiger partial charge in [-0.3, -0.25) is 0 Å². The van der Waals surface area contributed by atoms with Gasteiger partial charge in [0.15, 0.2) is 0 Å². The van der Waals surface area contributed by atoms with E-state index in [4.69, 9.17) is 0 Å². The van der Waals surface area contributed by atoms with Gasteiger partial charge in [0.25, 0.3) is 6.43 Å². The topological polar surface area (TPSA) is 0 Å². The molecule has 0 unspecified atom stereocenters. The summed E-state index contributed by atoms with van der Waals surface area (Å²) in [5.74, 6) is 5.67. The van der Waals surface area contributed by atoms with Crippen molar-refractivity contribution < 1.29 is 8.78 Å². The quantitative estimate of drug-likeness (QED) is 0.515. The van der Waals surface area contributed by atoms with Crippen LogP contribution in [-0.2, 0) is 0 Å². The van der Waals surface area contributed by atoms with E-state index in [9.17, 15) is 8.78 Å². The fourth-order valence-corrected chi connectivity index (χ4v) is 0.821. The van der Waals surface area contributed by atoms with Gasteiger partial charge >= 0.3 is 0 Å². The van der Waals surface area contributed by atoms with Crippen molar-refractivity contribution in [3.63, 3.8) is 0 Å². The SMILES string of the molecule is CC(C)C#CC1(C(F)F)CC1. The minimum absolute atomic E-state index is 0.200. The summed E-state index contributed by atoms with van der Waals surface area (Å²) in [7, 11) is 0. The van der Waals surface area contributed by atoms with Gasteiger partial charge in [-0.15, -0.1) is 0 Å². The maximum atomic E-state index is 12.2. The lowest BCUT2D eigenvalue weighted by Gasteiger charge is -2.03. The van der Waals surface area contributed by atoms with Crippen LogP contribution in [0.25, 0.3) is 0 Å². The molecule has 2 heteroatoms. The molecule has 0 nitrogen and oxygen atoms in total. The second-order valence-electron chi connectivity index (χ2n) is 3.38. The highest BCUT2D eigenvalue weighted by atomic mass is 19.3. The van der Waals surface area contributed by atoms with Crippen LogP contribution in [0.1, 0.15) is 26.7 Å². The largest absolute Gasteiger partial charge is 0.254 e. The van der Waals surface area contributed by atoms with E-state index in [2.05, 4.69) is 11.8 Å². The van der Waals surface area contributed by atoms with Crippen LogP contribution < -0.4 is 0 Å². The Balaban J connectivity index is 2.56. The highest BCUT2D eigenvalue weighted by molar-refractivity contribution is 5.21. The Hall–Kier alpha value is -0.580. The van der Waals surface area contributed by atoms with Gasteiger partial charge in [0.1, 0.15) is 0 Å². The smallest absolute Gasteiger partial charge is 0.209 e. The van der Waals surface area contributed by atoms with Crippen LogP contribution in [-0.4, -0.2) is 6.43 Å². The van der Waals surface area contributed by atoms with Crippen molar-refractivity contribution in [3.05, 3.63) is 0 Å². The van der Waals surface area contributed by atoms with Gasteiger partial charge in [0.2, 0.25) is 0 Å². The molecular formula is C9H12F2. The van der Waals surface area contributed by atoms with E-state index >= 15 is 0 Å². The fraction of sp³-hybridized carbons (Fsp3) is 0.778. The molecule has 0 radical (unpaired) electrons. The summed E-state index contributed by atoms with van der Waals surface area (Å²) in [6.07, 6.45) is -1.11. The van der Waals surface area contributed by atoms with E-state index in [0.717, 1.165) is 0 Å². The lowest BCUT2D eigenvalue weighted by Crippen LogP contribution is -2.09. The molecule has 11 heavy (non-hydrogen) atoms. The molecule has 0 aliphatic heterocycles. The summed E-state index contributed by atoms with van der Waals surface area (Å²) in [5.41, 5.74) is -0.912. The molecule has 0 N–H and O–H groups in total. The molecule has 1 fully saturated rings. The molecule has 0 heterocycles. The van der Waals surface area contributed by atoms with Crippen LogP contribution in [0, 0.1) is 23.2 Å². The van der Waals surface area contributed by atoms with Crippen molar-refractivity contribution in [1.82, 2.24) is 0 Å². The molecule has 0 bridgehead atoms. The lowest BCUT2D eigenvalue weighted by molar-refractivity contribution is 0.0920. The van der Waals surface area contributed by atoms with Crippen LogP contribution in [0.5, 0.6) is 0 Å². The van der Waals surface area contributed by atoms with E-state index in [1.807, 2.05) is 13.8 Å². The standard InChI is InChI=1S/C9H12F2/c1-7(2)3-4-9(5-6-9)8(10)11/h7-8H,5-6H2,1-2H3. The Bertz CT molecular complexity index is 191. The molecule has 62 valence electrons. The minimum atomic E-state index is -2.26. The lowest BCUT2D eigenvalue weighted by atomic mass is 10.1. The molecule has 0 saturated heterocycles. The Morgan fingerprint density at radius 3 is 2.09 bits per heavy atom. The van der Waals surface area contributed by atoms with Crippen LogP contribution in [0.15, 0.2) is 0 Å². The van der Waals surface area contributed by atoms with E-state index in [1.165, 1.54) is 0 Å². The van der Waals surface area contributed by atoms with Crippen molar-refractivity contribution in [2.24, 2.45) is 11.3 Å². The molecule has 0 amide bonds. The van der Waals surface area contributed by atoms with E-state index in [0.29, 0.717) is 12.8 Å². The first-order chi connectivity index (χ1) is 5.07. The molecule has 1 aliphatic carbocycles.